The highest BCUT2D eigenvalue weighted by Gasteiger charge is 2.24. The summed E-state index contributed by atoms with van der Waals surface area (Å²) < 4.78 is 7.16. The van der Waals surface area contributed by atoms with Gasteiger partial charge in [-0.05, 0) is 38.8 Å². The van der Waals surface area contributed by atoms with Crippen molar-refractivity contribution in [1.82, 2.24) is 30.3 Å². The summed E-state index contributed by atoms with van der Waals surface area (Å²) in [5.74, 6) is 2.72. The number of nitrogens with zero attached hydrogens (tertiary/aromatic N) is 5. The van der Waals surface area contributed by atoms with E-state index in [2.05, 4.69) is 37.5 Å². The first kappa shape index (κ1) is 24.3. The van der Waals surface area contributed by atoms with E-state index in [4.69, 9.17) is 4.74 Å². The summed E-state index contributed by atoms with van der Waals surface area (Å²) in [5, 5.41) is 11.7. The van der Waals surface area contributed by atoms with Gasteiger partial charge in [-0.1, -0.05) is 19.8 Å². The first-order valence-electron chi connectivity index (χ1n) is 10.9. The Kier molecular flexibility index (Phi) is 10.6. The van der Waals surface area contributed by atoms with Crippen molar-refractivity contribution in [3.05, 3.63) is 11.6 Å². The zero-order chi connectivity index (χ0) is 19.8. The van der Waals surface area contributed by atoms with Gasteiger partial charge >= 0.3 is 0 Å². The molecule has 8 nitrogen and oxygen atoms in total. The van der Waals surface area contributed by atoms with Crippen molar-refractivity contribution < 1.29 is 4.74 Å². The van der Waals surface area contributed by atoms with E-state index < -0.39 is 0 Å². The molecule has 0 radical (unpaired) electrons. The van der Waals surface area contributed by atoms with E-state index in [-0.39, 0.29) is 24.0 Å². The van der Waals surface area contributed by atoms with Crippen molar-refractivity contribution in [3.63, 3.8) is 0 Å². The summed E-state index contributed by atoms with van der Waals surface area (Å²) in [7, 11) is 3.53. The number of piperidine rings is 1. The van der Waals surface area contributed by atoms with E-state index in [0.29, 0.717) is 18.7 Å². The highest BCUT2D eigenvalue weighted by atomic mass is 127. The van der Waals surface area contributed by atoms with Crippen LogP contribution in [-0.4, -0.2) is 71.5 Å². The Balaban J connectivity index is 0.00000300. The summed E-state index contributed by atoms with van der Waals surface area (Å²) in [5.41, 5.74) is 0. The van der Waals surface area contributed by atoms with Gasteiger partial charge in [-0.25, -0.2) is 9.67 Å². The fraction of sp³-hybridized carbons (Fsp3) is 0.850. The van der Waals surface area contributed by atoms with Crippen LogP contribution in [0.1, 0.15) is 57.1 Å². The van der Waals surface area contributed by atoms with Gasteiger partial charge < -0.3 is 15.4 Å². The van der Waals surface area contributed by atoms with Gasteiger partial charge in [0.25, 0.3) is 0 Å². The molecule has 1 aromatic heterocycles. The van der Waals surface area contributed by atoms with Gasteiger partial charge in [-0.15, -0.1) is 24.0 Å². The maximum atomic E-state index is 5.15. The molecular formula is C20H38IN7O. The zero-order valence-electron chi connectivity index (χ0n) is 18.2. The highest BCUT2D eigenvalue weighted by Crippen LogP contribution is 2.17. The SMILES string of the molecule is CCCCN1CCCCC1CNC(=NC)NC1CCc2nc(COC)nn2C1.I. The molecule has 0 aliphatic carbocycles. The minimum atomic E-state index is 0. The van der Waals surface area contributed by atoms with Crippen molar-refractivity contribution in [2.24, 2.45) is 4.99 Å². The molecule has 1 fully saturated rings. The summed E-state index contributed by atoms with van der Waals surface area (Å²) in [6, 6.07) is 0.932. The van der Waals surface area contributed by atoms with Crippen molar-refractivity contribution in [2.45, 2.75) is 77.1 Å². The quantitative estimate of drug-likeness (QED) is 0.312. The Hall–Kier alpha value is -0.940. The third kappa shape index (κ3) is 7.06. The van der Waals surface area contributed by atoms with Gasteiger partial charge in [0.2, 0.25) is 0 Å². The molecule has 1 saturated heterocycles. The lowest BCUT2D eigenvalue weighted by molar-refractivity contribution is 0.147. The first-order chi connectivity index (χ1) is 13.7. The van der Waals surface area contributed by atoms with E-state index in [1.54, 1.807) is 7.11 Å². The molecule has 1 aromatic rings. The fourth-order valence-corrected chi connectivity index (χ4v) is 4.22. The number of hydrogen-bond acceptors (Lipinski definition) is 5. The zero-order valence-corrected chi connectivity index (χ0v) is 20.5. The van der Waals surface area contributed by atoms with Gasteiger partial charge in [0.05, 0.1) is 6.54 Å². The number of likely N-dealkylation sites (tertiary alicyclic amines) is 1. The molecular weight excluding hydrogens is 481 g/mol. The molecule has 2 aliphatic rings. The molecule has 2 N–H and O–H groups in total. The minimum Gasteiger partial charge on any atom is -0.377 e. The second-order valence-corrected chi connectivity index (χ2v) is 7.93. The van der Waals surface area contributed by atoms with E-state index in [0.717, 1.165) is 43.5 Å². The lowest BCUT2D eigenvalue weighted by atomic mass is 10.0. The monoisotopic (exact) mass is 519 g/mol. The molecule has 2 unspecified atom stereocenters. The Morgan fingerprint density at radius 1 is 1.31 bits per heavy atom. The number of aromatic nitrogens is 3. The Labute approximate surface area is 192 Å². The predicted octanol–water partition coefficient (Wildman–Crippen LogP) is 2.18. The molecule has 3 rings (SSSR count). The van der Waals surface area contributed by atoms with Crippen LogP contribution in [0.4, 0.5) is 0 Å². The van der Waals surface area contributed by atoms with Crippen molar-refractivity contribution in [3.8, 4) is 0 Å². The summed E-state index contributed by atoms with van der Waals surface area (Å²) in [6.45, 7) is 6.97. The van der Waals surface area contributed by atoms with Crippen LogP contribution in [0.5, 0.6) is 0 Å². The minimum absolute atomic E-state index is 0. The predicted molar refractivity (Wildman–Crippen MR) is 127 cm³/mol. The molecule has 0 saturated carbocycles. The van der Waals surface area contributed by atoms with Crippen LogP contribution in [0.15, 0.2) is 4.99 Å². The molecule has 166 valence electrons. The van der Waals surface area contributed by atoms with E-state index in [1.165, 1.54) is 45.2 Å². The molecule has 0 spiro atoms. The third-order valence-corrected chi connectivity index (χ3v) is 5.79. The number of hydrogen-bond donors (Lipinski definition) is 2. The number of nitrogens with one attached hydrogen (secondary N) is 2. The summed E-state index contributed by atoms with van der Waals surface area (Å²) >= 11 is 0. The smallest absolute Gasteiger partial charge is 0.191 e. The number of unbranched alkanes of at least 4 members (excludes halogenated alkanes) is 1. The lowest BCUT2D eigenvalue weighted by Gasteiger charge is -2.36. The molecule has 0 amide bonds. The standard InChI is InChI=1S/C20H37N7O.HI/c1-4-5-11-26-12-7-6-8-17(26)13-22-20(21-2)23-16-9-10-19-24-18(15-28-3)25-27(19)14-16;/h16-17H,4-15H2,1-3H3,(H2,21,22,23);1H. The average molecular weight is 519 g/mol. The topological polar surface area (TPSA) is 79.6 Å². The Bertz CT molecular complexity index is 636. The number of halogens is 1. The molecule has 2 aliphatic heterocycles. The van der Waals surface area contributed by atoms with E-state index in [9.17, 15) is 0 Å². The molecule has 3 heterocycles. The normalized spacial score (nSPS) is 22.7. The van der Waals surface area contributed by atoms with Crippen molar-refractivity contribution >= 4 is 29.9 Å². The van der Waals surface area contributed by atoms with Crippen LogP contribution in [-0.2, 0) is 24.3 Å². The Morgan fingerprint density at radius 3 is 2.93 bits per heavy atom. The Morgan fingerprint density at radius 2 is 2.17 bits per heavy atom. The molecule has 0 aromatic carbocycles. The maximum absolute atomic E-state index is 5.15. The average Bonchev–Trinajstić information content (AvgIpc) is 3.12. The fourth-order valence-electron chi connectivity index (χ4n) is 4.22. The van der Waals surface area contributed by atoms with Crippen LogP contribution < -0.4 is 10.6 Å². The lowest BCUT2D eigenvalue weighted by Crippen LogP contribution is -2.52. The van der Waals surface area contributed by atoms with Crippen molar-refractivity contribution in [1.29, 1.82) is 0 Å². The van der Waals surface area contributed by atoms with Crippen molar-refractivity contribution in [2.75, 3.05) is 33.8 Å². The molecule has 29 heavy (non-hydrogen) atoms. The first-order valence-corrected chi connectivity index (χ1v) is 10.9. The second kappa shape index (κ2) is 12.7. The molecule has 2 atom stereocenters. The number of guanidine groups is 1. The van der Waals surface area contributed by atoms with Crippen LogP contribution >= 0.6 is 24.0 Å². The molecule has 0 bridgehead atoms. The molecule has 9 heteroatoms. The number of ether oxygens (including phenoxy) is 1. The van der Waals surface area contributed by atoms with Crippen LogP contribution in [0.25, 0.3) is 0 Å². The second-order valence-electron chi connectivity index (χ2n) is 7.93. The van der Waals surface area contributed by atoms with E-state index in [1.807, 2.05) is 11.7 Å². The van der Waals surface area contributed by atoms with Gasteiger partial charge in [-0.3, -0.25) is 9.89 Å². The number of methoxy groups -OCH3 is 1. The van der Waals surface area contributed by atoms with Crippen LogP contribution in [0.3, 0.4) is 0 Å². The summed E-state index contributed by atoms with van der Waals surface area (Å²) in [6.07, 6.45) is 8.47. The summed E-state index contributed by atoms with van der Waals surface area (Å²) in [4.78, 5) is 11.7. The third-order valence-electron chi connectivity index (χ3n) is 5.79. The van der Waals surface area contributed by atoms with Gasteiger partial charge in [0, 0.05) is 39.2 Å². The van der Waals surface area contributed by atoms with Gasteiger partial charge in [0.1, 0.15) is 12.4 Å². The number of aliphatic imine (C=N–C) groups is 1. The van der Waals surface area contributed by atoms with Crippen LogP contribution in [0.2, 0.25) is 0 Å². The van der Waals surface area contributed by atoms with Crippen LogP contribution in [0, 0.1) is 0 Å². The number of rotatable bonds is 8. The largest absolute Gasteiger partial charge is 0.377 e. The van der Waals surface area contributed by atoms with Gasteiger partial charge in [-0.2, -0.15) is 5.10 Å². The maximum Gasteiger partial charge on any atom is 0.191 e. The highest BCUT2D eigenvalue weighted by molar-refractivity contribution is 14.0. The number of fused-ring (bicyclic) bond motifs is 1. The number of aryl methyl sites for hydroxylation is 1. The van der Waals surface area contributed by atoms with E-state index >= 15 is 0 Å². The van der Waals surface area contributed by atoms with Gasteiger partial charge in [0.15, 0.2) is 11.8 Å².